The van der Waals surface area contributed by atoms with E-state index in [1.807, 2.05) is 6.92 Å². The zero-order chi connectivity index (χ0) is 15.5. The van der Waals surface area contributed by atoms with E-state index in [-0.39, 0.29) is 5.69 Å². The van der Waals surface area contributed by atoms with Gasteiger partial charge in [0.15, 0.2) is 0 Å². The first-order valence-electron chi connectivity index (χ1n) is 5.80. The van der Waals surface area contributed by atoms with Gasteiger partial charge in [0.1, 0.15) is 5.69 Å². The van der Waals surface area contributed by atoms with Gasteiger partial charge < -0.3 is 0 Å². The van der Waals surface area contributed by atoms with Gasteiger partial charge in [-0.15, -0.1) is 16.9 Å². The van der Waals surface area contributed by atoms with Crippen LogP contribution in [-0.2, 0) is 6.18 Å². The smallest absolute Gasteiger partial charge is 0.288 e. The van der Waals surface area contributed by atoms with Crippen molar-refractivity contribution >= 4 is 23.6 Å². The number of carbonyl (C=O) groups excluding carboxylic acids is 1. The number of hydrogen-bond acceptors (Lipinski definition) is 5. The van der Waals surface area contributed by atoms with E-state index in [1.54, 1.807) is 17.2 Å². The molecule has 6 nitrogen and oxygen atoms in total. The molecule has 0 aliphatic heterocycles. The van der Waals surface area contributed by atoms with Crippen molar-refractivity contribution in [3.05, 3.63) is 29.8 Å². The van der Waals surface area contributed by atoms with Gasteiger partial charge in [-0.3, -0.25) is 15.2 Å². The minimum Gasteiger partial charge on any atom is -0.288 e. The largest absolute Gasteiger partial charge is 0.451 e. The van der Waals surface area contributed by atoms with Crippen LogP contribution >= 0.6 is 11.8 Å². The lowest BCUT2D eigenvalue weighted by Gasteiger charge is -2.05. The molecule has 112 valence electrons. The highest BCUT2D eigenvalue weighted by molar-refractivity contribution is 7.99. The number of hydrogen-bond donors (Lipinski definition) is 2. The maximum absolute atomic E-state index is 12.4. The van der Waals surface area contributed by atoms with E-state index in [4.69, 9.17) is 0 Å². The molecule has 0 bridgehead atoms. The van der Waals surface area contributed by atoms with Crippen molar-refractivity contribution in [2.24, 2.45) is 0 Å². The number of rotatable bonds is 4. The van der Waals surface area contributed by atoms with Crippen LogP contribution in [0, 0.1) is 0 Å². The van der Waals surface area contributed by atoms with E-state index >= 15 is 0 Å². The maximum Gasteiger partial charge on any atom is 0.451 e. The third-order valence-corrected chi connectivity index (χ3v) is 3.19. The summed E-state index contributed by atoms with van der Waals surface area (Å²) in [5.41, 5.74) is 0.114. The summed E-state index contributed by atoms with van der Waals surface area (Å²) in [6, 6.07) is 3.37. The lowest BCUT2D eigenvalue weighted by atomic mass is 10.3. The van der Waals surface area contributed by atoms with Crippen LogP contribution < -0.4 is 5.32 Å². The Balaban J connectivity index is 2.17. The summed E-state index contributed by atoms with van der Waals surface area (Å²) in [7, 11) is 0. The number of nitrogens with zero attached hydrogens (tertiary/aromatic N) is 3. The summed E-state index contributed by atoms with van der Waals surface area (Å²) < 4.78 is 37.1. The standard InChI is InChI=1S/C11H10F3N5OS/c1-2-21-6-4-3-5-15-7(6)8(20)16-10-17-9(18-19-10)11(12,13)14/h3-5H,2H2,1H3,(H2,16,17,18,19,20). The van der Waals surface area contributed by atoms with Gasteiger partial charge in [0.05, 0.1) is 0 Å². The first-order valence-corrected chi connectivity index (χ1v) is 6.79. The van der Waals surface area contributed by atoms with E-state index in [2.05, 4.69) is 20.4 Å². The molecule has 21 heavy (non-hydrogen) atoms. The molecule has 0 radical (unpaired) electrons. The van der Waals surface area contributed by atoms with Crippen molar-refractivity contribution in [1.82, 2.24) is 20.2 Å². The molecule has 0 fully saturated rings. The van der Waals surface area contributed by atoms with E-state index in [9.17, 15) is 18.0 Å². The molecule has 0 saturated carbocycles. The molecule has 2 rings (SSSR count). The summed E-state index contributed by atoms with van der Waals surface area (Å²) in [4.78, 5) is 19.7. The summed E-state index contributed by atoms with van der Waals surface area (Å²) in [5, 5.41) is 7.20. The van der Waals surface area contributed by atoms with Gasteiger partial charge in [0.25, 0.3) is 5.91 Å². The highest BCUT2D eigenvalue weighted by atomic mass is 32.2. The van der Waals surface area contributed by atoms with Gasteiger partial charge in [-0.2, -0.15) is 18.2 Å². The quantitative estimate of drug-likeness (QED) is 0.847. The summed E-state index contributed by atoms with van der Waals surface area (Å²) in [6.45, 7) is 1.91. The molecule has 0 atom stereocenters. The Hall–Kier alpha value is -2.10. The molecule has 2 aromatic heterocycles. The monoisotopic (exact) mass is 317 g/mol. The van der Waals surface area contributed by atoms with Crippen LogP contribution in [0.2, 0.25) is 0 Å². The highest BCUT2D eigenvalue weighted by Gasteiger charge is 2.35. The third kappa shape index (κ3) is 3.72. The molecule has 0 aromatic carbocycles. The lowest BCUT2D eigenvalue weighted by Crippen LogP contribution is -2.16. The van der Waals surface area contributed by atoms with Crippen LogP contribution in [0.5, 0.6) is 0 Å². The second-order valence-corrected chi connectivity index (χ2v) is 5.05. The Morgan fingerprint density at radius 1 is 1.48 bits per heavy atom. The highest BCUT2D eigenvalue weighted by Crippen LogP contribution is 2.26. The van der Waals surface area contributed by atoms with Crippen LogP contribution in [0.4, 0.5) is 19.1 Å². The van der Waals surface area contributed by atoms with Gasteiger partial charge in [-0.25, -0.2) is 4.98 Å². The van der Waals surface area contributed by atoms with Gasteiger partial charge in [-0.1, -0.05) is 6.92 Å². The third-order valence-electron chi connectivity index (χ3n) is 2.26. The van der Waals surface area contributed by atoms with E-state index in [0.717, 1.165) is 5.75 Å². The van der Waals surface area contributed by atoms with Crippen molar-refractivity contribution in [1.29, 1.82) is 0 Å². The van der Waals surface area contributed by atoms with Gasteiger partial charge in [0, 0.05) is 11.1 Å². The molecule has 0 unspecified atom stereocenters. The maximum atomic E-state index is 12.4. The topological polar surface area (TPSA) is 83.6 Å². The lowest BCUT2D eigenvalue weighted by molar-refractivity contribution is -0.144. The number of H-pyrrole nitrogens is 1. The molecule has 2 aromatic rings. The Morgan fingerprint density at radius 3 is 2.86 bits per heavy atom. The molecular weight excluding hydrogens is 307 g/mol. The molecule has 0 saturated heterocycles. The second-order valence-electron chi connectivity index (χ2n) is 3.74. The van der Waals surface area contributed by atoms with Gasteiger partial charge >= 0.3 is 6.18 Å². The Kier molecular flexibility index (Phi) is 4.46. The number of nitrogens with one attached hydrogen (secondary N) is 2. The predicted octanol–water partition coefficient (Wildman–Crippen LogP) is 2.58. The first-order chi connectivity index (χ1) is 9.91. The normalized spacial score (nSPS) is 11.4. The minimum absolute atomic E-state index is 0.114. The van der Waals surface area contributed by atoms with Crippen molar-refractivity contribution in [3.8, 4) is 0 Å². The molecular formula is C11H10F3N5OS. The van der Waals surface area contributed by atoms with Crippen molar-refractivity contribution in [2.75, 3.05) is 11.1 Å². The fourth-order valence-corrected chi connectivity index (χ4v) is 2.21. The second kappa shape index (κ2) is 6.12. The van der Waals surface area contributed by atoms with Crippen molar-refractivity contribution < 1.29 is 18.0 Å². The molecule has 2 heterocycles. The summed E-state index contributed by atoms with van der Waals surface area (Å²) in [5.74, 6) is -1.67. The number of pyridine rings is 1. The number of thioether (sulfide) groups is 1. The zero-order valence-corrected chi connectivity index (χ0v) is 11.5. The number of carbonyl (C=O) groups is 1. The van der Waals surface area contributed by atoms with Gasteiger partial charge in [0.2, 0.25) is 11.8 Å². The Bertz CT molecular complexity index is 643. The zero-order valence-electron chi connectivity index (χ0n) is 10.7. The summed E-state index contributed by atoms with van der Waals surface area (Å²) >= 11 is 1.40. The average molecular weight is 317 g/mol. The van der Waals surface area contributed by atoms with Crippen LogP contribution in [0.15, 0.2) is 23.2 Å². The molecule has 0 aliphatic carbocycles. The SMILES string of the molecule is CCSc1cccnc1C(=O)Nc1n[nH]c(C(F)(F)F)n1. The number of halogens is 3. The van der Waals surface area contributed by atoms with Crippen LogP contribution in [-0.4, -0.2) is 31.8 Å². The van der Waals surface area contributed by atoms with E-state index < -0.39 is 23.9 Å². The fourth-order valence-electron chi connectivity index (χ4n) is 1.44. The van der Waals surface area contributed by atoms with Crippen LogP contribution in [0.1, 0.15) is 23.2 Å². The number of amides is 1. The number of anilines is 1. The average Bonchev–Trinajstić information content (AvgIpc) is 2.88. The number of alkyl halides is 3. The molecule has 2 N–H and O–H groups in total. The first kappa shape index (κ1) is 15.3. The van der Waals surface area contributed by atoms with Crippen molar-refractivity contribution in [3.63, 3.8) is 0 Å². The molecule has 0 spiro atoms. The number of aromatic amines is 1. The van der Waals surface area contributed by atoms with E-state index in [0.29, 0.717) is 4.90 Å². The Labute approximate surface area is 121 Å². The van der Waals surface area contributed by atoms with Crippen LogP contribution in [0.25, 0.3) is 0 Å². The molecule has 0 aliphatic rings. The van der Waals surface area contributed by atoms with Gasteiger partial charge in [-0.05, 0) is 17.9 Å². The van der Waals surface area contributed by atoms with Crippen LogP contribution in [0.3, 0.4) is 0 Å². The molecule has 10 heteroatoms. The number of aromatic nitrogens is 4. The predicted molar refractivity (Wildman–Crippen MR) is 70.0 cm³/mol. The summed E-state index contributed by atoms with van der Waals surface area (Å²) in [6.07, 6.45) is -3.22. The molecule has 1 amide bonds. The van der Waals surface area contributed by atoms with E-state index in [1.165, 1.54) is 18.0 Å². The minimum atomic E-state index is -4.65. The fraction of sp³-hybridized carbons (Fsp3) is 0.273. The van der Waals surface area contributed by atoms with Crippen molar-refractivity contribution in [2.45, 2.75) is 18.0 Å². The Morgan fingerprint density at radius 2 is 2.24 bits per heavy atom.